The molecular weight excluding hydrogens is 212 g/mol. The summed E-state index contributed by atoms with van der Waals surface area (Å²) < 4.78 is 1.90. The highest BCUT2D eigenvalue weighted by molar-refractivity contribution is 4.77. The lowest BCUT2D eigenvalue weighted by molar-refractivity contribution is 0.277. The van der Waals surface area contributed by atoms with Gasteiger partial charge in [-0.2, -0.15) is 0 Å². The minimum absolute atomic E-state index is 0.754. The van der Waals surface area contributed by atoms with E-state index in [1.807, 2.05) is 10.9 Å². The number of hydrogen-bond acceptors (Lipinski definition) is 3. The summed E-state index contributed by atoms with van der Waals surface area (Å²) in [5.41, 5.74) is 0. The molecule has 1 aromatic heterocycles. The van der Waals surface area contributed by atoms with Gasteiger partial charge in [-0.05, 0) is 31.7 Å². The minimum Gasteiger partial charge on any atom is -0.314 e. The van der Waals surface area contributed by atoms with E-state index >= 15 is 0 Å². The van der Waals surface area contributed by atoms with Crippen molar-refractivity contribution in [3.63, 3.8) is 0 Å². The Morgan fingerprint density at radius 2 is 2.35 bits per heavy atom. The second kappa shape index (κ2) is 6.74. The molecule has 1 aromatic rings. The summed E-state index contributed by atoms with van der Waals surface area (Å²) in [4.78, 5) is 0. The normalized spacial score (nSPS) is 25.0. The van der Waals surface area contributed by atoms with E-state index < -0.39 is 0 Å². The predicted octanol–water partition coefficient (Wildman–Crippen LogP) is 2.23. The Kier molecular flexibility index (Phi) is 4.98. The molecule has 0 radical (unpaired) electrons. The lowest BCUT2D eigenvalue weighted by Crippen LogP contribution is -2.35. The molecule has 2 unspecified atom stereocenters. The van der Waals surface area contributed by atoms with Crippen LogP contribution in [-0.4, -0.2) is 27.6 Å². The van der Waals surface area contributed by atoms with Crippen molar-refractivity contribution in [2.24, 2.45) is 5.92 Å². The molecule has 1 aliphatic rings. The zero-order chi connectivity index (χ0) is 11.9. The number of aromatic nitrogens is 3. The molecule has 1 heterocycles. The molecule has 0 aliphatic heterocycles. The highest BCUT2D eigenvalue weighted by Gasteiger charge is 2.19. The molecular formula is C13H24N4. The van der Waals surface area contributed by atoms with Crippen molar-refractivity contribution >= 4 is 0 Å². The zero-order valence-corrected chi connectivity index (χ0v) is 10.8. The Balaban J connectivity index is 1.58. The molecule has 4 heteroatoms. The first kappa shape index (κ1) is 12.6. The first-order valence-corrected chi connectivity index (χ1v) is 6.96. The quantitative estimate of drug-likeness (QED) is 0.770. The van der Waals surface area contributed by atoms with Gasteiger partial charge in [0.15, 0.2) is 0 Å². The van der Waals surface area contributed by atoms with Crippen LogP contribution in [0.3, 0.4) is 0 Å². The summed E-state index contributed by atoms with van der Waals surface area (Å²) in [6, 6.07) is 0.754. The fraction of sp³-hybridized carbons (Fsp3) is 0.846. The van der Waals surface area contributed by atoms with Gasteiger partial charge in [0.25, 0.3) is 0 Å². The second-order valence-electron chi connectivity index (χ2n) is 5.11. The summed E-state index contributed by atoms with van der Waals surface area (Å²) in [5, 5.41) is 11.5. The Morgan fingerprint density at radius 3 is 3.12 bits per heavy atom. The van der Waals surface area contributed by atoms with Gasteiger partial charge in [-0.3, -0.25) is 4.68 Å². The van der Waals surface area contributed by atoms with E-state index in [0.717, 1.165) is 31.5 Å². The number of nitrogens with one attached hydrogen (secondary N) is 1. The van der Waals surface area contributed by atoms with Gasteiger partial charge < -0.3 is 5.32 Å². The molecule has 4 nitrogen and oxygen atoms in total. The predicted molar refractivity (Wildman–Crippen MR) is 68.7 cm³/mol. The van der Waals surface area contributed by atoms with Crippen LogP contribution in [0.5, 0.6) is 0 Å². The van der Waals surface area contributed by atoms with E-state index in [0.29, 0.717) is 0 Å². The average Bonchev–Trinajstić information content (AvgIpc) is 2.88. The van der Waals surface area contributed by atoms with Crippen molar-refractivity contribution in [1.82, 2.24) is 20.3 Å². The fourth-order valence-electron chi connectivity index (χ4n) is 2.75. The maximum absolute atomic E-state index is 3.96. The average molecular weight is 236 g/mol. The molecule has 0 spiro atoms. The smallest absolute Gasteiger partial charge is 0.0692 e. The maximum atomic E-state index is 3.96. The third kappa shape index (κ3) is 4.11. The van der Waals surface area contributed by atoms with Crippen LogP contribution in [0.2, 0.25) is 0 Å². The summed E-state index contributed by atoms with van der Waals surface area (Å²) in [5.74, 6) is 0.955. The van der Waals surface area contributed by atoms with Gasteiger partial charge in [-0.1, -0.05) is 31.4 Å². The molecule has 17 heavy (non-hydrogen) atoms. The van der Waals surface area contributed by atoms with Crippen LogP contribution in [0.25, 0.3) is 0 Å². The van der Waals surface area contributed by atoms with Crippen LogP contribution in [0.4, 0.5) is 0 Å². The van der Waals surface area contributed by atoms with Crippen molar-refractivity contribution in [1.29, 1.82) is 0 Å². The topological polar surface area (TPSA) is 42.7 Å². The van der Waals surface area contributed by atoms with Gasteiger partial charge in [0.2, 0.25) is 0 Å². The van der Waals surface area contributed by atoms with E-state index in [4.69, 9.17) is 0 Å². The Bertz CT molecular complexity index is 296. The molecule has 1 aliphatic carbocycles. The van der Waals surface area contributed by atoms with E-state index in [1.165, 1.54) is 32.1 Å². The first-order chi connectivity index (χ1) is 8.38. The number of hydrogen-bond donors (Lipinski definition) is 1. The van der Waals surface area contributed by atoms with E-state index in [-0.39, 0.29) is 0 Å². The standard InChI is InChI=1S/C13H24N4/c1-2-12-5-3-6-13(11-12)14-7-4-9-17-10-8-15-16-17/h8,10,12-14H,2-7,9,11H2,1H3. The Hall–Kier alpha value is -0.900. The SMILES string of the molecule is CCC1CCCC(NCCCn2ccnn2)C1. The zero-order valence-electron chi connectivity index (χ0n) is 10.8. The summed E-state index contributed by atoms with van der Waals surface area (Å²) >= 11 is 0. The van der Waals surface area contributed by atoms with Crippen molar-refractivity contribution in [3.8, 4) is 0 Å². The Labute approximate surface area is 104 Å². The lowest BCUT2D eigenvalue weighted by atomic mass is 9.84. The minimum atomic E-state index is 0.754. The molecule has 96 valence electrons. The number of aryl methyl sites for hydroxylation is 1. The fourth-order valence-corrected chi connectivity index (χ4v) is 2.75. The van der Waals surface area contributed by atoms with E-state index in [1.54, 1.807) is 6.20 Å². The van der Waals surface area contributed by atoms with Crippen molar-refractivity contribution < 1.29 is 0 Å². The number of rotatable bonds is 6. The summed E-state index contributed by atoms with van der Waals surface area (Å²) in [7, 11) is 0. The van der Waals surface area contributed by atoms with Gasteiger partial charge in [0.1, 0.15) is 0 Å². The summed E-state index contributed by atoms with van der Waals surface area (Å²) in [6.07, 6.45) is 11.7. The molecule has 1 saturated carbocycles. The monoisotopic (exact) mass is 236 g/mol. The first-order valence-electron chi connectivity index (χ1n) is 6.96. The van der Waals surface area contributed by atoms with Crippen LogP contribution in [0.1, 0.15) is 45.4 Å². The van der Waals surface area contributed by atoms with Crippen molar-refractivity contribution in [3.05, 3.63) is 12.4 Å². The molecule has 0 aromatic carbocycles. The van der Waals surface area contributed by atoms with Crippen LogP contribution in [0, 0.1) is 5.92 Å². The molecule has 2 atom stereocenters. The third-order valence-corrected chi connectivity index (χ3v) is 3.83. The van der Waals surface area contributed by atoms with Crippen molar-refractivity contribution in [2.75, 3.05) is 6.54 Å². The largest absolute Gasteiger partial charge is 0.314 e. The molecule has 0 bridgehead atoms. The second-order valence-corrected chi connectivity index (χ2v) is 5.11. The van der Waals surface area contributed by atoms with Gasteiger partial charge in [0, 0.05) is 18.8 Å². The molecule has 0 saturated heterocycles. The van der Waals surface area contributed by atoms with Crippen LogP contribution >= 0.6 is 0 Å². The maximum Gasteiger partial charge on any atom is 0.0692 e. The molecule has 0 amide bonds. The van der Waals surface area contributed by atoms with Gasteiger partial charge >= 0.3 is 0 Å². The van der Waals surface area contributed by atoms with Crippen molar-refractivity contribution in [2.45, 2.75) is 58.0 Å². The lowest BCUT2D eigenvalue weighted by Gasteiger charge is -2.29. The van der Waals surface area contributed by atoms with Crippen LogP contribution in [-0.2, 0) is 6.54 Å². The number of nitrogens with zero attached hydrogens (tertiary/aromatic N) is 3. The highest BCUT2D eigenvalue weighted by Crippen LogP contribution is 2.26. The Morgan fingerprint density at radius 1 is 1.41 bits per heavy atom. The van der Waals surface area contributed by atoms with E-state index in [9.17, 15) is 0 Å². The molecule has 1 fully saturated rings. The summed E-state index contributed by atoms with van der Waals surface area (Å²) in [6.45, 7) is 4.38. The highest BCUT2D eigenvalue weighted by atomic mass is 15.4. The van der Waals surface area contributed by atoms with Crippen LogP contribution < -0.4 is 5.32 Å². The van der Waals surface area contributed by atoms with Crippen LogP contribution in [0.15, 0.2) is 12.4 Å². The molecule has 1 N–H and O–H groups in total. The van der Waals surface area contributed by atoms with E-state index in [2.05, 4.69) is 22.6 Å². The third-order valence-electron chi connectivity index (χ3n) is 3.83. The van der Waals surface area contributed by atoms with Gasteiger partial charge in [0.05, 0.1) is 6.20 Å². The van der Waals surface area contributed by atoms with Gasteiger partial charge in [-0.25, -0.2) is 0 Å². The van der Waals surface area contributed by atoms with Gasteiger partial charge in [-0.15, -0.1) is 5.10 Å². The molecule has 2 rings (SSSR count).